The second-order valence-electron chi connectivity index (χ2n) is 4.29. The Morgan fingerprint density at radius 1 is 1.58 bits per heavy atom. The Labute approximate surface area is 111 Å². The maximum Gasteiger partial charge on any atom is 0.258 e. The van der Waals surface area contributed by atoms with Gasteiger partial charge in [-0.1, -0.05) is 0 Å². The van der Waals surface area contributed by atoms with Crippen LogP contribution in [-0.4, -0.2) is 60.5 Å². The van der Waals surface area contributed by atoms with Gasteiger partial charge in [0.25, 0.3) is 5.91 Å². The summed E-state index contributed by atoms with van der Waals surface area (Å²) in [5.74, 6) is 0.0580. The SMILES string of the molecule is COc1ccc(O)c(C(=O)N2CCOCC2CO)c1. The van der Waals surface area contributed by atoms with Crippen molar-refractivity contribution in [1.82, 2.24) is 4.90 Å². The number of aliphatic hydroxyl groups is 1. The van der Waals surface area contributed by atoms with Gasteiger partial charge in [-0.25, -0.2) is 0 Å². The van der Waals surface area contributed by atoms with Crippen LogP contribution in [0.5, 0.6) is 11.5 Å². The van der Waals surface area contributed by atoms with Crippen molar-refractivity contribution in [2.24, 2.45) is 0 Å². The van der Waals surface area contributed by atoms with E-state index in [0.29, 0.717) is 25.5 Å². The molecular formula is C13H17NO5. The molecule has 1 amide bonds. The van der Waals surface area contributed by atoms with E-state index in [4.69, 9.17) is 9.47 Å². The molecule has 1 fully saturated rings. The van der Waals surface area contributed by atoms with Gasteiger partial charge in [-0.15, -0.1) is 0 Å². The van der Waals surface area contributed by atoms with Gasteiger partial charge in [0.2, 0.25) is 0 Å². The molecule has 1 aliphatic heterocycles. The molecular weight excluding hydrogens is 250 g/mol. The molecule has 1 atom stereocenters. The molecule has 6 heteroatoms. The van der Waals surface area contributed by atoms with Crippen molar-refractivity contribution in [1.29, 1.82) is 0 Å². The summed E-state index contributed by atoms with van der Waals surface area (Å²) in [6, 6.07) is 4.10. The molecule has 0 saturated carbocycles. The van der Waals surface area contributed by atoms with E-state index < -0.39 is 0 Å². The fourth-order valence-electron chi connectivity index (χ4n) is 2.04. The smallest absolute Gasteiger partial charge is 0.258 e. The van der Waals surface area contributed by atoms with E-state index in [9.17, 15) is 15.0 Å². The maximum absolute atomic E-state index is 12.4. The van der Waals surface area contributed by atoms with Crippen LogP contribution in [0.4, 0.5) is 0 Å². The maximum atomic E-state index is 12.4. The Bertz CT molecular complexity index is 462. The molecule has 104 valence electrons. The number of ether oxygens (including phenoxy) is 2. The van der Waals surface area contributed by atoms with Gasteiger partial charge in [0.1, 0.15) is 11.5 Å². The third kappa shape index (κ3) is 2.80. The van der Waals surface area contributed by atoms with Gasteiger partial charge in [0, 0.05) is 6.54 Å². The summed E-state index contributed by atoms with van der Waals surface area (Å²) < 4.78 is 10.3. The molecule has 2 N–H and O–H groups in total. The summed E-state index contributed by atoms with van der Waals surface area (Å²) in [7, 11) is 1.49. The van der Waals surface area contributed by atoms with E-state index in [0.717, 1.165) is 0 Å². The molecule has 2 rings (SSSR count). The van der Waals surface area contributed by atoms with Crippen molar-refractivity contribution in [2.75, 3.05) is 33.5 Å². The Morgan fingerprint density at radius 3 is 3.05 bits per heavy atom. The lowest BCUT2D eigenvalue weighted by Gasteiger charge is -2.34. The highest BCUT2D eigenvalue weighted by atomic mass is 16.5. The lowest BCUT2D eigenvalue weighted by molar-refractivity contribution is -0.0185. The van der Waals surface area contributed by atoms with Gasteiger partial charge in [0.05, 0.1) is 38.5 Å². The largest absolute Gasteiger partial charge is 0.507 e. The molecule has 0 radical (unpaired) electrons. The molecule has 1 unspecified atom stereocenters. The monoisotopic (exact) mass is 267 g/mol. The normalized spacial score (nSPS) is 19.3. The molecule has 19 heavy (non-hydrogen) atoms. The van der Waals surface area contributed by atoms with Gasteiger partial charge in [-0.05, 0) is 18.2 Å². The summed E-state index contributed by atoms with van der Waals surface area (Å²) in [5, 5.41) is 19.1. The first kappa shape index (κ1) is 13.6. The summed E-state index contributed by atoms with van der Waals surface area (Å²) in [6.45, 7) is 0.942. The van der Waals surface area contributed by atoms with Crippen molar-refractivity contribution in [3.8, 4) is 11.5 Å². The second kappa shape index (κ2) is 5.90. The van der Waals surface area contributed by atoms with Gasteiger partial charge < -0.3 is 24.6 Å². The van der Waals surface area contributed by atoms with E-state index in [-0.39, 0.29) is 29.9 Å². The van der Waals surface area contributed by atoms with Crippen LogP contribution in [0.15, 0.2) is 18.2 Å². The van der Waals surface area contributed by atoms with Crippen LogP contribution in [0.1, 0.15) is 10.4 Å². The van der Waals surface area contributed by atoms with Crippen molar-refractivity contribution in [3.63, 3.8) is 0 Å². The van der Waals surface area contributed by atoms with Gasteiger partial charge in [-0.3, -0.25) is 4.79 Å². The first-order valence-corrected chi connectivity index (χ1v) is 6.04. The molecule has 0 bridgehead atoms. The zero-order valence-electron chi connectivity index (χ0n) is 10.7. The Balaban J connectivity index is 2.27. The van der Waals surface area contributed by atoms with Crippen molar-refractivity contribution in [2.45, 2.75) is 6.04 Å². The fraction of sp³-hybridized carbons (Fsp3) is 0.462. The average Bonchev–Trinajstić information content (AvgIpc) is 2.47. The Hall–Kier alpha value is -1.79. The van der Waals surface area contributed by atoms with E-state index >= 15 is 0 Å². The molecule has 0 aliphatic carbocycles. The first-order valence-electron chi connectivity index (χ1n) is 6.04. The summed E-state index contributed by atoms with van der Waals surface area (Å²) in [4.78, 5) is 13.9. The third-order valence-corrected chi connectivity index (χ3v) is 3.13. The van der Waals surface area contributed by atoms with Crippen molar-refractivity contribution >= 4 is 5.91 Å². The first-order chi connectivity index (χ1) is 9.17. The van der Waals surface area contributed by atoms with Crippen LogP contribution in [0, 0.1) is 0 Å². The van der Waals surface area contributed by atoms with Crippen LogP contribution >= 0.6 is 0 Å². The quantitative estimate of drug-likeness (QED) is 0.820. The van der Waals surface area contributed by atoms with Gasteiger partial charge >= 0.3 is 0 Å². The van der Waals surface area contributed by atoms with Crippen molar-refractivity contribution < 1.29 is 24.5 Å². The second-order valence-corrected chi connectivity index (χ2v) is 4.29. The molecule has 0 spiro atoms. The number of phenolic OH excluding ortho intramolecular Hbond substituents is 1. The van der Waals surface area contributed by atoms with Crippen LogP contribution < -0.4 is 4.74 Å². The van der Waals surface area contributed by atoms with Crippen LogP contribution in [0.3, 0.4) is 0 Å². The number of hydrogen-bond acceptors (Lipinski definition) is 5. The summed E-state index contributed by atoms with van der Waals surface area (Å²) in [5.41, 5.74) is 0.166. The highest BCUT2D eigenvalue weighted by molar-refractivity contribution is 5.97. The van der Waals surface area contributed by atoms with E-state index in [1.165, 1.54) is 24.1 Å². The topological polar surface area (TPSA) is 79.2 Å². The third-order valence-electron chi connectivity index (χ3n) is 3.13. The fourth-order valence-corrected chi connectivity index (χ4v) is 2.04. The number of rotatable bonds is 3. The lowest BCUT2D eigenvalue weighted by atomic mass is 10.1. The number of carbonyl (C=O) groups excluding carboxylic acids is 1. The minimum absolute atomic E-state index is 0.103. The Morgan fingerprint density at radius 2 is 2.37 bits per heavy atom. The number of hydrogen-bond donors (Lipinski definition) is 2. The zero-order valence-corrected chi connectivity index (χ0v) is 10.7. The number of amides is 1. The number of morpholine rings is 1. The number of aliphatic hydroxyl groups excluding tert-OH is 1. The summed E-state index contributed by atoms with van der Waals surface area (Å²) >= 11 is 0. The standard InChI is InChI=1S/C13H17NO5/c1-18-10-2-3-12(16)11(6-10)13(17)14-4-5-19-8-9(14)7-15/h2-3,6,9,15-16H,4-5,7-8H2,1H3. The number of phenols is 1. The number of carbonyl (C=O) groups is 1. The lowest BCUT2D eigenvalue weighted by Crippen LogP contribution is -2.50. The van der Waals surface area contributed by atoms with E-state index in [2.05, 4.69) is 0 Å². The van der Waals surface area contributed by atoms with Gasteiger partial charge in [-0.2, -0.15) is 0 Å². The molecule has 1 saturated heterocycles. The molecule has 1 aliphatic rings. The molecule has 0 aromatic heterocycles. The number of benzene rings is 1. The molecule has 1 aromatic rings. The van der Waals surface area contributed by atoms with Crippen molar-refractivity contribution in [3.05, 3.63) is 23.8 Å². The number of methoxy groups -OCH3 is 1. The number of aromatic hydroxyl groups is 1. The molecule has 6 nitrogen and oxygen atoms in total. The van der Waals surface area contributed by atoms with Crippen LogP contribution in [-0.2, 0) is 4.74 Å². The average molecular weight is 267 g/mol. The number of nitrogens with zero attached hydrogens (tertiary/aromatic N) is 1. The zero-order chi connectivity index (χ0) is 13.8. The van der Waals surface area contributed by atoms with E-state index in [1.54, 1.807) is 6.07 Å². The van der Waals surface area contributed by atoms with Gasteiger partial charge in [0.15, 0.2) is 0 Å². The predicted octanol–water partition coefficient (Wildman–Crippen LogP) is 0.234. The predicted molar refractivity (Wildman–Crippen MR) is 67.4 cm³/mol. The van der Waals surface area contributed by atoms with Crippen LogP contribution in [0.25, 0.3) is 0 Å². The van der Waals surface area contributed by atoms with E-state index in [1.807, 2.05) is 0 Å². The van der Waals surface area contributed by atoms with Crippen LogP contribution in [0.2, 0.25) is 0 Å². The minimum Gasteiger partial charge on any atom is -0.507 e. The highest BCUT2D eigenvalue weighted by Crippen LogP contribution is 2.25. The molecule has 1 aromatic carbocycles. The minimum atomic E-state index is -0.383. The summed E-state index contributed by atoms with van der Waals surface area (Å²) in [6.07, 6.45) is 0. The molecule has 1 heterocycles. The Kier molecular flexibility index (Phi) is 4.24. The highest BCUT2D eigenvalue weighted by Gasteiger charge is 2.29.